The molecule has 11 heavy (non-hydrogen) atoms. The molecule has 0 aromatic rings. The van der Waals surface area contributed by atoms with Gasteiger partial charge < -0.3 is 25.2 Å². The van der Waals surface area contributed by atoms with Gasteiger partial charge in [0.05, 0.1) is 12.7 Å². The van der Waals surface area contributed by atoms with Gasteiger partial charge in [-0.1, -0.05) is 0 Å². The normalized spacial score (nSPS) is 45.8. The SMILES string of the molecule is OCC1OC(O)C(O)C[C@@H]1O. The van der Waals surface area contributed by atoms with E-state index in [1.807, 2.05) is 0 Å². The van der Waals surface area contributed by atoms with E-state index in [1.54, 1.807) is 0 Å². The van der Waals surface area contributed by atoms with Gasteiger partial charge in [0.25, 0.3) is 0 Å². The van der Waals surface area contributed by atoms with Gasteiger partial charge in [-0.3, -0.25) is 0 Å². The molecule has 5 heteroatoms. The fraction of sp³-hybridized carbons (Fsp3) is 1.00. The Balaban J connectivity index is 2.48. The summed E-state index contributed by atoms with van der Waals surface area (Å²) >= 11 is 0. The van der Waals surface area contributed by atoms with Crippen LogP contribution in [0.3, 0.4) is 0 Å². The lowest BCUT2D eigenvalue weighted by Gasteiger charge is -2.33. The minimum absolute atomic E-state index is 0.0341. The van der Waals surface area contributed by atoms with Crippen LogP contribution in [0.4, 0.5) is 0 Å². The van der Waals surface area contributed by atoms with E-state index in [1.165, 1.54) is 0 Å². The summed E-state index contributed by atoms with van der Waals surface area (Å²) in [6.07, 6.45) is -4.01. The van der Waals surface area contributed by atoms with Crippen molar-refractivity contribution in [2.45, 2.75) is 31.0 Å². The van der Waals surface area contributed by atoms with Crippen LogP contribution in [0.15, 0.2) is 0 Å². The second-order valence-electron chi connectivity index (χ2n) is 2.62. The van der Waals surface area contributed by atoms with Crippen molar-refractivity contribution in [3.05, 3.63) is 0 Å². The quantitative estimate of drug-likeness (QED) is 0.353. The molecule has 4 atom stereocenters. The maximum Gasteiger partial charge on any atom is 0.181 e. The number of rotatable bonds is 1. The largest absolute Gasteiger partial charge is 0.394 e. The minimum atomic E-state index is -1.30. The first kappa shape index (κ1) is 8.89. The van der Waals surface area contributed by atoms with E-state index in [4.69, 9.17) is 20.4 Å². The van der Waals surface area contributed by atoms with Gasteiger partial charge in [0.2, 0.25) is 0 Å². The molecule has 0 aromatic carbocycles. The van der Waals surface area contributed by atoms with Crippen LogP contribution in [0, 0.1) is 0 Å². The van der Waals surface area contributed by atoms with Crippen molar-refractivity contribution in [2.24, 2.45) is 0 Å². The Morgan fingerprint density at radius 1 is 1.18 bits per heavy atom. The van der Waals surface area contributed by atoms with Gasteiger partial charge >= 0.3 is 0 Å². The fourth-order valence-corrected chi connectivity index (χ4v) is 1.04. The van der Waals surface area contributed by atoms with E-state index >= 15 is 0 Å². The summed E-state index contributed by atoms with van der Waals surface area (Å²) in [7, 11) is 0. The fourth-order valence-electron chi connectivity index (χ4n) is 1.04. The lowest BCUT2D eigenvalue weighted by atomic mass is 10.0. The molecule has 3 unspecified atom stereocenters. The molecule has 0 aromatic heterocycles. The van der Waals surface area contributed by atoms with Crippen molar-refractivity contribution in [3.8, 4) is 0 Å². The third kappa shape index (κ3) is 1.88. The molecule has 66 valence electrons. The number of hydrogen-bond donors (Lipinski definition) is 4. The molecule has 0 radical (unpaired) electrons. The molecule has 0 aliphatic carbocycles. The van der Waals surface area contributed by atoms with E-state index in [0.717, 1.165) is 0 Å². The first-order valence-corrected chi connectivity index (χ1v) is 3.45. The van der Waals surface area contributed by atoms with Crippen molar-refractivity contribution in [3.63, 3.8) is 0 Å². The molecule has 1 aliphatic rings. The molecular formula is C6H12O5. The Hall–Kier alpha value is -0.200. The average molecular weight is 164 g/mol. The number of aliphatic hydroxyl groups is 4. The lowest BCUT2D eigenvalue weighted by molar-refractivity contribution is -0.251. The molecule has 4 N–H and O–H groups in total. The highest BCUT2D eigenvalue weighted by Gasteiger charge is 2.34. The maximum atomic E-state index is 9.10. The zero-order valence-corrected chi connectivity index (χ0v) is 5.92. The standard InChI is InChI=1S/C6H12O5/c7-2-5-3(8)1-4(9)6(10)11-5/h3-10H,1-2H2/t3-,4?,5?,6?/m0/s1. The molecule has 5 nitrogen and oxygen atoms in total. The molecule has 1 rings (SSSR count). The van der Waals surface area contributed by atoms with Gasteiger partial charge in [0.1, 0.15) is 12.2 Å². The predicted molar refractivity (Wildman–Crippen MR) is 34.6 cm³/mol. The molecule has 1 saturated heterocycles. The molecule has 0 amide bonds. The summed E-state index contributed by atoms with van der Waals surface area (Å²) < 4.78 is 4.67. The van der Waals surface area contributed by atoms with Crippen LogP contribution in [-0.4, -0.2) is 51.6 Å². The van der Waals surface area contributed by atoms with E-state index in [-0.39, 0.29) is 13.0 Å². The first-order valence-electron chi connectivity index (χ1n) is 3.45. The van der Waals surface area contributed by atoms with Crippen molar-refractivity contribution in [1.82, 2.24) is 0 Å². The second kappa shape index (κ2) is 3.46. The zero-order valence-electron chi connectivity index (χ0n) is 5.92. The van der Waals surface area contributed by atoms with E-state index in [2.05, 4.69) is 4.74 Å². The van der Waals surface area contributed by atoms with Crippen LogP contribution >= 0.6 is 0 Å². The first-order chi connectivity index (χ1) is 5.15. The maximum absolute atomic E-state index is 9.10. The molecule has 1 aliphatic heterocycles. The molecule has 1 fully saturated rings. The molecule has 0 bridgehead atoms. The summed E-state index contributed by atoms with van der Waals surface area (Å²) in [6.45, 7) is -0.356. The number of ether oxygens (including phenoxy) is 1. The Kier molecular flexibility index (Phi) is 2.80. The topological polar surface area (TPSA) is 90.2 Å². The van der Waals surface area contributed by atoms with Crippen LogP contribution in [0.2, 0.25) is 0 Å². The van der Waals surface area contributed by atoms with Crippen LogP contribution in [0.5, 0.6) is 0 Å². The Labute approximate surface area is 63.8 Å². The number of aliphatic hydroxyl groups excluding tert-OH is 4. The summed E-state index contributed by atoms with van der Waals surface area (Å²) in [5, 5.41) is 35.5. The van der Waals surface area contributed by atoms with E-state index in [0.29, 0.717) is 0 Å². The van der Waals surface area contributed by atoms with Crippen LogP contribution in [0.25, 0.3) is 0 Å². The smallest absolute Gasteiger partial charge is 0.181 e. The van der Waals surface area contributed by atoms with Gasteiger partial charge in [-0.25, -0.2) is 0 Å². The molecule has 0 spiro atoms. The van der Waals surface area contributed by atoms with Crippen molar-refractivity contribution in [1.29, 1.82) is 0 Å². The average Bonchev–Trinajstić information content (AvgIpc) is 1.97. The van der Waals surface area contributed by atoms with Crippen LogP contribution in [-0.2, 0) is 4.74 Å². The highest BCUT2D eigenvalue weighted by molar-refractivity contribution is 4.79. The van der Waals surface area contributed by atoms with Crippen LogP contribution in [0.1, 0.15) is 6.42 Å². The Morgan fingerprint density at radius 2 is 1.82 bits per heavy atom. The van der Waals surface area contributed by atoms with Gasteiger partial charge in [0, 0.05) is 6.42 Å². The van der Waals surface area contributed by atoms with E-state index < -0.39 is 24.6 Å². The summed E-state index contributed by atoms with van der Waals surface area (Å²) in [6, 6.07) is 0. The minimum Gasteiger partial charge on any atom is -0.394 e. The third-order valence-electron chi connectivity index (χ3n) is 1.74. The Morgan fingerprint density at radius 3 is 2.36 bits per heavy atom. The molecular weight excluding hydrogens is 152 g/mol. The third-order valence-corrected chi connectivity index (χ3v) is 1.74. The van der Waals surface area contributed by atoms with E-state index in [9.17, 15) is 0 Å². The van der Waals surface area contributed by atoms with Crippen molar-refractivity contribution in [2.75, 3.05) is 6.61 Å². The predicted octanol–water partition coefficient (Wildman–Crippen LogP) is -2.19. The number of hydrogen-bond acceptors (Lipinski definition) is 5. The molecule has 1 heterocycles. The van der Waals surface area contributed by atoms with Gasteiger partial charge in [-0.15, -0.1) is 0 Å². The summed E-state index contributed by atoms with van der Waals surface area (Å²) in [5.41, 5.74) is 0. The lowest BCUT2D eigenvalue weighted by Crippen LogP contribution is -2.48. The summed E-state index contributed by atoms with van der Waals surface area (Å²) in [4.78, 5) is 0. The van der Waals surface area contributed by atoms with Gasteiger partial charge in [0.15, 0.2) is 6.29 Å². The highest BCUT2D eigenvalue weighted by Crippen LogP contribution is 2.18. The van der Waals surface area contributed by atoms with Crippen LogP contribution < -0.4 is 0 Å². The second-order valence-corrected chi connectivity index (χ2v) is 2.62. The van der Waals surface area contributed by atoms with Crippen molar-refractivity contribution < 1.29 is 25.2 Å². The van der Waals surface area contributed by atoms with Gasteiger partial charge in [-0.2, -0.15) is 0 Å². The van der Waals surface area contributed by atoms with Gasteiger partial charge in [-0.05, 0) is 0 Å². The monoisotopic (exact) mass is 164 g/mol. The highest BCUT2D eigenvalue weighted by atomic mass is 16.6. The molecule has 0 saturated carbocycles. The Bertz CT molecular complexity index is 128. The van der Waals surface area contributed by atoms with Crippen molar-refractivity contribution >= 4 is 0 Å². The zero-order chi connectivity index (χ0) is 8.43. The summed E-state index contributed by atoms with van der Waals surface area (Å²) in [5.74, 6) is 0.